The molecule has 3 rings (SSSR count). The number of fused-ring (bicyclic) bond motifs is 1. The topological polar surface area (TPSA) is 41.5 Å². The summed E-state index contributed by atoms with van der Waals surface area (Å²) in [6, 6.07) is 20.9. The molecule has 0 fully saturated rings. The maximum absolute atomic E-state index is 9.67. The van der Waals surface area contributed by atoms with Crippen LogP contribution in [0.25, 0.3) is 10.8 Å². The number of hydrogen-bond acceptors (Lipinski definition) is 3. The molecule has 130 valence electrons. The average molecular weight is 335 g/mol. The van der Waals surface area contributed by atoms with Gasteiger partial charge in [0.1, 0.15) is 0 Å². The zero-order chi connectivity index (χ0) is 17.6. The van der Waals surface area contributed by atoms with Gasteiger partial charge in [-0.3, -0.25) is 0 Å². The van der Waals surface area contributed by atoms with Crippen LogP contribution in [0.5, 0.6) is 11.5 Å². The van der Waals surface area contributed by atoms with Gasteiger partial charge < -0.3 is 15.2 Å². The highest BCUT2D eigenvalue weighted by atomic mass is 16.5. The summed E-state index contributed by atoms with van der Waals surface area (Å²) >= 11 is 0. The Morgan fingerprint density at radius 3 is 2.68 bits per heavy atom. The third-order valence-electron chi connectivity index (χ3n) is 4.63. The van der Waals surface area contributed by atoms with Gasteiger partial charge in [-0.25, -0.2) is 0 Å². The largest absolute Gasteiger partial charge is 0.504 e. The molecular weight excluding hydrogens is 310 g/mol. The predicted octanol–water partition coefficient (Wildman–Crippen LogP) is 4.66. The normalized spacial score (nSPS) is 12.2. The molecule has 0 saturated heterocycles. The van der Waals surface area contributed by atoms with E-state index in [1.54, 1.807) is 13.2 Å². The van der Waals surface area contributed by atoms with Crippen molar-refractivity contribution in [2.24, 2.45) is 0 Å². The van der Waals surface area contributed by atoms with Gasteiger partial charge in [0.15, 0.2) is 11.5 Å². The summed E-state index contributed by atoms with van der Waals surface area (Å²) in [6.07, 6.45) is 1.97. The first-order valence-electron chi connectivity index (χ1n) is 8.73. The lowest BCUT2D eigenvalue weighted by Crippen LogP contribution is -2.26. The summed E-state index contributed by atoms with van der Waals surface area (Å²) in [5.41, 5.74) is 2.50. The molecule has 3 heteroatoms. The Balaban J connectivity index is 1.57. The van der Waals surface area contributed by atoms with Crippen LogP contribution in [0, 0.1) is 0 Å². The fourth-order valence-electron chi connectivity index (χ4n) is 3.09. The van der Waals surface area contributed by atoms with Gasteiger partial charge >= 0.3 is 0 Å². The first-order valence-corrected chi connectivity index (χ1v) is 8.73. The maximum atomic E-state index is 9.67. The number of ether oxygens (including phenoxy) is 1. The molecular formula is C22H25NO2. The van der Waals surface area contributed by atoms with Gasteiger partial charge in [-0.1, -0.05) is 48.5 Å². The van der Waals surface area contributed by atoms with Crippen LogP contribution >= 0.6 is 0 Å². The third-order valence-corrected chi connectivity index (χ3v) is 4.63. The summed E-state index contributed by atoms with van der Waals surface area (Å²) in [5, 5.41) is 15.9. The molecule has 0 spiro atoms. The van der Waals surface area contributed by atoms with Gasteiger partial charge in [-0.05, 0) is 53.8 Å². The molecule has 3 aromatic carbocycles. The molecule has 0 bridgehead atoms. The maximum Gasteiger partial charge on any atom is 0.160 e. The molecule has 0 aliphatic carbocycles. The number of aromatic hydroxyl groups is 1. The molecule has 3 aromatic rings. The quantitative estimate of drug-likeness (QED) is 0.659. The highest BCUT2D eigenvalue weighted by Crippen LogP contribution is 2.27. The molecule has 1 atom stereocenters. The van der Waals surface area contributed by atoms with E-state index in [1.807, 2.05) is 12.1 Å². The van der Waals surface area contributed by atoms with Crippen molar-refractivity contribution in [2.45, 2.75) is 32.4 Å². The first-order chi connectivity index (χ1) is 12.2. The van der Waals surface area contributed by atoms with E-state index < -0.39 is 0 Å². The summed E-state index contributed by atoms with van der Waals surface area (Å²) in [6.45, 7) is 3.07. The molecule has 3 nitrogen and oxygen atoms in total. The molecule has 0 aliphatic heterocycles. The Bertz CT molecular complexity index is 839. The fraction of sp³-hybridized carbons (Fsp3) is 0.273. The lowest BCUT2D eigenvalue weighted by atomic mass is 10.0. The van der Waals surface area contributed by atoms with Crippen LogP contribution in [-0.2, 0) is 13.0 Å². The molecule has 0 saturated carbocycles. The number of rotatable bonds is 7. The summed E-state index contributed by atoms with van der Waals surface area (Å²) in [4.78, 5) is 0. The van der Waals surface area contributed by atoms with E-state index in [-0.39, 0.29) is 5.75 Å². The van der Waals surface area contributed by atoms with Crippen molar-refractivity contribution in [3.8, 4) is 11.5 Å². The van der Waals surface area contributed by atoms with E-state index in [0.717, 1.165) is 19.4 Å². The van der Waals surface area contributed by atoms with Gasteiger partial charge in [-0.2, -0.15) is 0 Å². The van der Waals surface area contributed by atoms with Crippen molar-refractivity contribution in [3.63, 3.8) is 0 Å². The van der Waals surface area contributed by atoms with Crippen molar-refractivity contribution < 1.29 is 9.84 Å². The lowest BCUT2D eigenvalue weighted by Gasteiger charge is -2.15. The molecule has 0 aromatic heterocycles. The smallest absolute Gasteiger partial charge is 0.160 e. The first kappa shape index (κ1) is 17.3. The SMILES string of the molecule is COc1cc(CCC(C)NCc2cccc3ccccc23)ccc1O. The summed E-state index contributed by atoms with van der Waals surface area (Å²) in [7, 11) is 1.58. The molecule has 0 amide bonds. The van der Waals surface area contributed by atoms with Crippen molar-refractivity contribution in [1.82, 2.24) is 5.32 Å². The Morgan fingerprint density at radius 1 is 1.04 bits per heavy atom. The van der Waals surface area contributed by atoms with Crippen molar-refractivity contribution >= 4 is 10.8 Å². The number of hydrogen-bond donors (Lipinski definition) is 2. The van der Waals surface area contributed by atoms with Crippen LogP contribution in [0.2, 0.25) is 0 Å². The van der Waals surface area contributed by atoms with Crippen molar-refractivity contribution in [2.75, 3.05) is 7.11 Å². The van der Waals surface area contributed by atoms with Gasteiger partial charge in [0.05, 0.1) is 7.11 Å². The van der Waals surface area contributed by atoms with Gasteiger partial charge in [-0.15, -0.1) is 0 Å². The minimum absolute atomic E-state index is 0.188. The van der Waals surface area contributed by atoms with E-state index in [4.69, 9.17) is 4.74 Å². The van der Waals surface area contributed by atoms with E-state index in [1.165, 1.54) is 21.9 Å². The highest BCUT2D eigenvalue weighted by Gasteiger charge is 2.07. The second kappa shape index (κ2) is 8.04. The van der Waals surface area contributed by atoms with E-state index in [2.05, 4.69) is 54.7 Å². The number of phenolic OH excluding ortho intramolecular Hbond substituents is 1. The minimum Gasteiger partial charge on any atom is -0.504 e. The third kappa shape index (κ3) is 4.31. The fourth-order valence-corrected chi connectivity index (χ4v) is 3.09. The number of aryl methyl sites for hydroxylation is 1. The van der Waals surface area contributed by atoms with E-state index >= 15 is 0 Å². The summed E-state index contributed by atoms with van der Waals surface area (Å²) < 4.78 is 5.17. The summed E-state index contributed by atoms with van der Waals surface area (Å²) in [5.74, 6) is 0.724. The monoisotopic (exact) mass is 335 g/mol. The number of phenols is 1. The van der Waals surface area contributed by atoms with Gasteiger partial charge in [0.25, 0.3) is 0 Å². The number of nitrogens with one attached hydrogen (secondary N) is 1. The van der Waals surface area contributed by atoms with Crippen LogP contribution in [0.1, 0.15) is 24.5 Å². The van der Waals surface area contributed by atoms with Crippen LogP contribution in [-0.4, -0.2) is 18.3 Å². The minimum atomic E-state index is 0.188. The zero-order valence-corrected chi connectivity index (χ0v) is 14.8. The Labute approximate surface area is 149 Å². The Kier molecular flexibility index (Phi) is 5.56. The second-order valence-electron chi connectivity index (χ2n) is 6.47. The van der Waals surface area contributed by atoms with Crippen molar-refractivity contribution in [1.29, 1.82) is 0 Å². The standard InChI is InChI=1S/C22H25NO2/c1-16(10-11-17-12-13-21(24)22(14-17)25-2)23-15-19-8-5-7-18-6-3-4-9-20(18)19/h3-9,12-14,16,23-24H,10-11,15H2,1-2H3. The molecule has 1 unspecified atom stereocenters. The molecule has 0 heterocycles. The number of methoxy groups -OCH3 is 1. The van der Waals surface area contributed by atoms with Gasteiger partial charge in [0, 0.05) is 12.6 Å². The molecule has 0 aliphatic rings. The lowest BCUT2D eigenvalue weighted by molar-refractivity contribution is 0.372. The van der Waals surface area contributed by atoms with E-state index in [9.17, 15) is 5.11 Å². The zero-order valence-electron chi connectivity index (χ0n) is 14.8. The predicted molar refractivity (Wildman–Crippen MR) is 103 cm³/mol. The molecule has 0 radical (unpaired) electrons. The van der Waals surface area contributed by atoms with Crippen LogP contribution in [0.15, 0.2) is 60.7 Å². The highest BCUT2D eigenvalue weighted by molar-refractivity contribution is 5.85. The average Bonchev–Trinajstić information content (AvgIpc) is 2.65. The van der Waals surface area contributed by atoms with Crippen molar-refractivity contribution in [3.05, 3.63) is 71.8 Å². The van der Waals surface area contributed by atoms with Gasteiger partial charge in [0.2, 0.25) is 0 Å². The van der Waals surface area contributed by atoms with Crippen LogP contribution in [0.4, 0.5) is 0 Å². The van der Waals surface area contributed by atoms with Crippen LogP contribution < -0.4 is 10.1 Å². The van der Waals surface area contributed by atoms with E-state index in [0.29, 0.717) is 11.8 Å². The Hall–Kier alpha value is -2.52. The van der Waals surface area contributed by atoms with Crippen LogP contribution in [0.3, 0.4) is 0 Å². The second-order valence-corrected chi connectivity index (χ2v) is 6.47. The number of benzene rings is 3. The molecule has 25 heavy (non-hydrogen) atoms. The molecule has 2 N–H and O–H groups in total. The Morgan fingerprint density at radius 2 is 1.84 bits per heavy atom.